The van der Waals surface area contributed by atoms with E-state index in [9.17, 15) is 0 Å². The molecule has 5 nitrogen and oxygen atoms in total. The van der Waals surface area contributed by atoms with Crippen LogP contribution in [0.5, 0.6) is 11.6 Å². The highest BCUT2D eigenvalue weighted by atomic mass is 16.6. The summed E-state index contributed by atoms with van der Waals surface area (Å²) in [6, 6.07) is 12.0. The number of ether oxygens (including phenoxy) is 4. The Morgan fingerprint density at radius 2 is 1.97 bits per heavy atom. The van der Waals surface area contributed by atoms with Crippen LogP contribution in [0, 0.1) is 17.8 Å². The molecule has 4 rings (SSSR count). The van der Waals surface area contributed by atoms with Gasteiger partial charge in [0.15, 0.2) is 0 Å². The molecular weight excluding hydrogens is 366 g/mol. The maximum Gasteiger partial charge on any atom is 0.217 e. The van der Waals surface area contributed by atoms with Gasteiger partial charge in [-0.1, -0.05) is 30.9 Å². The average molecular weight is 393 g/mol. The molecule has 0 bridgehead atoms. The van der Waals surface area contributed by atoms with Crippen molar-refractivity contribution in [2.45, 2.75) is 38.9 Å². The van der Waals surface area contributed by atoms with Gasteiger partial charge in [0.25, 0.3) is 0 Å². The molecule has 2 heterocycles. The van der Waals surface area contributed by atoms with Gasteiger partial charge < -0.3 is 18.9 Å². The molecule has 1 saturated carbocycles. The second-order valence-corrected chi connectivity index (χ2v) is 7.39. The zero-order chi connectivity index (χ0) is 19.9. The molecule has 0 N–H and O–H groups in total. The van der Waals surface area contributed by atoms with Gasteiger partial charge in [-0.2, -0.15) is 0 Å². The third-order valence-corrected chi connectivity index (χ3v) is 4.85. The first-order chi connectivity index (χ1) is 14.3. The summed E-state index contributed by atoms with van der Waals surface area (Å²) >= 11 is 0. The van der Waals surface area contributed by atoms with E-state index in [0.717, 1.165) is 29.0 Å². The van der Waals surface area contributed by atoms with E-state index in [1.807, 2.05) is 12.1 Å². The number of benzene rings is 1. The number of pyridine rings is 1. The van der Waals surface area contributed by atoms with E-state index >= 15 is 0 Å². The molecule has 0 unspecified atom stereocenters. The fourth-order valence-electron chi connectivity index (χ4n) is 2.95. The minimum Gasteiger partial charge on any atom is -0.489 e. The molecule has 0 spiro atoms. The first-order valence-corrected chi connectivity index (χ1v) is 10.3. The minimum atomic E-state index is -0.0540. The molecule has 5 heteroatoms. The standard InChI is InChI=1S/C24H27NO4/c1-2-21-13-22(14-24(25-21)29-17-23-16-26-11-12-27-23)28-15-20-9-7-19(8-10-20)6-5-18-3-4-18/h7-10,13-14,18,23H,2-4,11-12,15-17H2,1H3/t23-/m1/s1. The monoisotopic (exact) mass is 393 g/mol. The predicted molar refractivity (Wildman–Crippen MR) is 110 cm³/mol. The van der Waals surface area contributed by atoms with Crippen LogP contribution in [-0.4, -0.2) is 37.5 Å². The Hall–Kier alpha value is -2.55. The summed E-state index contributed by atoms with van der Waals surface area (Å²) in [6.07, 6.45) is 3.25. The molecule has 152 valence electrons. The van der Waals surface area contributed by atoms with Crippen molar-refractivity contribution in [1.82, 2.24) is 4.98 Å². The van der Waals surface area contributed by atoms with E-state index in [4.69, 9.17) is 18.9 Å². The second-order valence-electron chi connectivity index (χ2n) is 7.39. The molecule has 1 aliphatic carbocycles. The topological polar surface area (TPSA) is 49.8 Å². The van der Waals surface area contributed by atoms with Crippen molar-refractivity contribution in [3.8, 4) is 23.5 Å². The Morgan fingerprint density at radius 1 is 1.10 bits per heavy atom. The van der Waals surface area contributed by atoms with Crippen LogP contribution in [0.3, 0.4) is 0 Å². The zero-order valence-corrected chi connectivity index (χ0v) is 16.9. The molecule has 2 fully saturated rings. The molecule has 1 aromatic carbocycles. The molecule has 1 aliphatic heterocycles. The summed E-state index contributed by atoms with van der Waals surface area (Å²) in [6.45, 7) is 4.78. The molecule has 1 aromatic heterocycles. The Morgan fingerprint density at radius 3 is 2.69 bits per heavy atom. The van der Waals surface area contributed by atoms with Crippen LogP contribution >= 0.6 is 0 Å². The van der Waals surface area contributed by atoms with Crippen molar-refractivity contribution in [2.24, 2.45) is 5.92 Å². The molecular formula is C24H27NO4. The highest BCUT2D eigenvalue weighted by molar-refractivity contribution is 5.37. The summed E-state index contributed by atoms with van der Waals surface area (Å²) in [5.41, 5.74) is 3.10. The van der Waals surface area contributed by atoms with Gasteiger partial charge >= 0.3 is 0 Å². The van der Waals surface area contributed by atoms with E-state index in [1.165, 1.54) is 12.8 Å². The van der Waals surface area contributed by atoms with Crippen molar-refractivity contribution in [3.63, 3.8) is 0 Å². The predicted octanol–water partition coefficient (Wildman–Crippen LogP) is 3.78. The second kappa shape index (κ2) is 9.78. The number of nitrogens with zero attached hydrogens (tertiary/aromatic N) is 1. The third kappa shape index (κ3) is 6.22. The van der Waals surface area contributed by atoms with Gasteiger partial charge in [0.1, 0.15) is 25.1 Å². The Balaban J connectivity index is 1.34. The van der Waals surface area contributed by atoms with Gasteiger partial charge in [0.2, 0.25) is 5.88 Å². The van der Waals surface area contributed by atoms with Crippen molar-refractivity contribution in [3.05, 3.63) is 53.2 Å². The van der Waals surface area contributed by atoms with Gasteiger partial charge in [-0.25, -0.2) is 4.98 Å². The number of aryl methyl sites for hydroxylation is 1. The number of aromatic nitrogens is 1. The normalized spacial score (nSPS) is 18.6. The van der Waals surface area contributed by atoms with Crippen LogP contribution in [-0.2, 0) is 22.5 Å². The van der Waals surface area contributed by atoms with E-state index < -0.39 is 0 Å². The Kier molecular flexibility index (Phi) is 6.66. The number of rotatable bonds is 7. The Labute approximate surface area is 172 Å². The fourth-order valence-corrected chi connectivity index (χ4v) is 2.95. The van der Waals surface area contributed by atoms with Crippen molar-refractivity contribution >= 4 is 0 Å². The highest BCUT2D eigenvalue weighted by Crippen LogP contribution is 2.27. The summed E-state index contributed by atoms with van der Waals surface area (Å²) in [7, 11) is 0. The molecule has 1 saturated heterocycles. The summed E-state index contributed by atoms with van der Waals surface area (Å²) < 4.78 is 22.9. The van der Waals surface area contributed by atoms with E-state index in [0.29, 0.717) is 44.8 Å². The lowest BCUT2D eigenvalue weighted by Gasteiger charge is -2.22. The quantitative estimate of drug-likeness (QED) is 0.670. The largest absolute Gasteiger partial charge is 0.489 e. The van der Waals surface area contributed by atoms with Crippen molar-refractivity contribution in [2.75, 3.05) is 26.4 Å². The van der Waals surface area contributed by atoms with Crippen molar-refractivity contribution in [1.29, 1.82) is 0 Å². The van der Waals surface area contributed by atoms with Crippen LogP contribution in [0.15, 0.2) is 36.4 Å². The summed E-state index contributed by atoms with van der Waals surface area (Å²) in [5, 5.41) is 0. The van der Waals surface area contributed by atoms with E-state index in [-0.39, 0.29) is 6.10 Å². The fraction of sp³-hybridized carbons (Fsp3) is 0.458. The molecule has 29 heavy (non-hydrogen) atoms. The highest BCUT2D eigenvalue weighted by Gasteiger charge is 2.17. The van der Waals surface area contributed by atoms with Crippen LogP contribution in [0.1, 0.15) is 36.6 Å². The molecule has 0 amide bonds. The molecule has 2 aromatic rings. The SMILES string of the molecule is CCc1cc(OCc2ccc(C#CC3CC3)cc2)cc(OC[C@H]2COCCO2)n1. The van der Waals surface area contributed by atoms with Gasteiger partial charge in [-0.05, 0) is 37.0 Å². The number of hydrogen-bond donors (Lipinski definition) is 0. The zero-order valence-electron chi connectivity index (χ0n) is 16.9. The number of hydrogen-bond acceptors (Lipinski definition) is 5. The van der Waals surface area contributed by atoms with Gasteiger partial charge in [0.05, 0.1) is 19.8 Å². The molecule has 1 atom stereocenters. The van der Waals surface area contributed by atoms with Crippen LogP contribution in [0.25, 0.3) is 0 Å². The Bertz CT molecular complexity index is 859. The van der Waals surface area contributed by atoms with E-state index in [1.54, 1.807) is 0 Å². The van der Waals surface area contributed by atoms with Crippen LogP contribution in [0.4, 0.5) is 0 Å². The van der Waals surface area contributed by atoms with E-state index in [2.05, 4.69) is 48.0 Å². The van der Waals surface area contributed by atoms with Crippen LogP contribution in [0.2, 0.25) is 0 Å². The maximum absolute atomic E-state index is 6.00. The first-order valence-electron chi connectivity index (χ1n) is 10.3. The van der Waals surface area contributed by atoms with Crippen molar-refractivity contribution < 1.29 is 18.9 Å². The summed E-state index contributed by atoms with van der Waals surface area (Å²) in [4.78, 5) is 4.53. The maximum atomic E-state index is 6.00. The third-order valence-electron chi connectivity index (χ3n) is 4.85. The van der Waals surface area contributed by atoms with Gasteiger partial charge in [0, 0.05) is 29.3 Å². The van der Waals surface area contributed by atoms with Gasteiger partial charge in [-0.3, -0.25) is 0 Å². The van der Waals surface area contributed by atoms with Gasteiger partial charge in [-0.15, -0.1) is 0 Å². The van der Waals surface area contributed by atoms with Crippen LogP contribution < -0.4 is 9.47 Å². The minimum absolute atomic E-state index is 0.0540. The molecule has 2 aliphatic rings. The molecule has 0 radical (unpaired) electrons. The first kappa shape index (κ1) is 19.8. The lowest BCUT2D eigenvalue weighted by Crippen LogP contribution is -2.33. The lowest BCUT2D eigenvalue weighted by atomic mass is 10.1. The average Bonchev–Trinajstić information content (AvgIpc) is 3.61. The lowest BCUT2D eigenvalue weighted by molar-refractivity contribution is -0.102. The summed E-state index contributed by atoms with van der Waals surface area (Å²) in [5.74, 6) is 8.45. The smallest absolute Gasteiger partial charge is 0.217 e.